The molecule has 3 aliphatic carbocycles. The van der Waals surface area contributed by atoms with Crippen molar-refractivity contribution in [3.63, 3.8) is 0 Å². The molecule has 0 N–H and O–H groups in total. The van der Waals surface area contributed by atoms with Crippen molar-refractivity contribution in [2.24, 2.45) is 35.5 Å². The molecule has 0 aromatic carbocycles. The van der Waals surface area contributed by atoms with E-state index in [1.165, 1.54) is 32.1 Å². The summed E-state index contributed by atoms with van der Waals surface area (Å²) in [5.74, 6) is 5.45. The summed E-state index contributed by atoms with van der Waals surface area (Å²) in [6.45, 7) is 4.10. The standard InChI is InChI=1S/C14H22O/c1-8-5-13-10-3-4-11(6-10)14(13)7-12(8)9(2)15/h8,10-14H,3-7H2,1-2H3. The van der Waals surface area contributed by atoms with Gasteiger partial charge in [-0.1, -0.05) is 6.92 Å². The van der Waals surface area contributed by atoms with Gasteiger partial charge < -0.3 is 0 Å². The third kappa shape index (κ3) is 1.38. The van der Waals surface area contributed by atoms with Crippen LogP contribution in [-0.4, -0.2) is 5.78 Å². The van der Waals surface area contributed by atoms with Crippen LogP contribution in [0.1, 0.15) is 46.0 Å². The number of ketones is 1. The number of fused-ring (bicyclic) bond motifs is 5. The largest absolute Gasteiger partial charge is 0.300 e. The fourth-order valence-corrected chi connectivity index (χ4v) is 4.95. The molecule has 2 bridgehead atoms. The van der Waals surface area contributed by atoms with Crippen LogP contribution in [0.5, 0.6) is 0 Å². The van der Waals surface area contributed by atoms with Gasteiger partial charge in [0.1, 0.15) is 5.78 Å². The molecule has 0 saturated heterocycles. The number of hydrogen-bond donors (Lipinski definition) is 0. The maximum atomic E-state index is 11.6. The van der Waals surface area contributed by atoms with E-state index in [9.17, 15) is 4.79 Å². The summed E-state index contributed by atoms with van der Waals surface area (Å²) in [6.07, 6.45) is 7.01. The third-order valence-electron chi connectivity index (χ3n) is 5.65. The number of carbonyl (C=O) groups excluding carboxylic acids is 1. The Bertz CT molecular complexity index is 283. The molecule has 15 heavy (non-hydrogen) atoms. The molecule has 3 saturated carbocycles. The lowest BCUT2D eigenvalue weighted by Crippen LogP contribution is -2.36. The summed E-state index contributed by atoms with van der Waals surface area (Å²) in [6, 6.07) is 0. The molecule has 3 aliphatic rings. The van der Waals surface area contributed by atoms with Crippen molar-refractivity contribution >= 4 is 5.78 Å². The molecule has 3 rings (SSSR count). The number of rotatable bonds is 1. The number of carbonyl (C=O) groups is 1. The molecule has 6 atom stereocenters. The molecule has 0 aliphatic heterocycles. The van der Waals surface area contributed by atoms with Crippen molar-refractivity contribution in [1.82, 2.24) is 0 Å². The lowest BCUT2D eigenvalue weighted by Gasteiger charge is -2.41. The van der Waals surface area contributed by atoms with Crippen molar-refractivity contribution < 1.29 is 4.79 Å². The van der Waals surface area contributed by atoms with E-state index in [0.717, 1.165) is 23.7 Å². The highest BCUT2D eigenvalue weighted by Gasteiger charge is 2.51. The molecule has 0 aromatic rings. The van der Waals surface area contributed by atoms with Crippen LogP contribution in [0.2, 0.25) is 0 Å². The van der Waals surface area contributed by atoms with E-state index in [1.807, 2.05) is 0 Å². The summed E-state index contributed by atoms with van der Waals surface area (Å²) < 4.78 is 0. The molecular formula is C14H22O. The van der Waals surface area contributed by atoms with Crippen LogP contribution in [0.3, 0.4) is 0 Å². The van der Waals surface area contributed by atoms with Gasteiger partial charge in [0.15, 0.2) is 0 Å². The Morgan fingerprint density at radius 3 is 2.20 bits per heavy atom. The topological polar surface area (TPSA) is 17.1 Å². The van der Waals surface area contributed by atoms with Crippen molar-refractivity contribution in [1.29, 1.82) is 0 Å². The Labute approximate surface area is 92.6 Å². The smallest absolute Gasteiger partial charge is 0.133 e. The van der Waals surface area contributed by atoms with Crippen LogP contribution >= 0.6 is 0 Å². The van der Waals surface area contributed by atoms with Crippen molar-refractivity contribution in [2.45, 2.75) is 46.0 Å². The molecule has 3 fully saturated rings. The fourth-order valence-electron chi connectivity index (χ4n) is 4.95. The highest BCUT2D eigenvalue weighted by molar-refractivity contribution is 5.78. The minimum absolute atomic E-state index is 0.394. The number of hydrogen-bond acceptors (Lipinski definition) is 1. The Kier molecular flexibility index (Phi) is 2.19. The maximum Gasteiger partial charge on any atom is 0.133 e. The van der Waals surface area contributed by atoms with Gasteiger partial charge in [0.05, 0.1) is 0 Å². The van der Waals surface area contributed by atoms with Crippen molar-refractivity contribution in [3.8, 4) is 0 Å². The molecule has 1 heteroatoms. The van der Waals surface area contributed by atoms with E-state index in [4.69, 9.17) is 0 Å². The first kappa shape index (κ1) is 9.86. The van der Waals surface area contributed by atoms with Crippen LogP contribution in [0.25, 0.3) is 0 Å². The van der Waals surface area contributed by atoms with E-state index in [-0.39, 0.29) is 0 Å². The van der Waals surface area contributed by atoms with E-state index in [1.54, 1.807) is 6.92 Å². The minimum Gasteiger partial charge on any atom is -0.300 e. The Hall–Kier alpha value is -0.330. The Balaban J connectivity index is 1.79. The second-order valence-corrected chi connectivity index (χ2v) is 6.33. The molecular weight excluding hydrogens is 184 g/mol. The first-order valence-corrected chi connectivity index (χ1v) is 6.67. The van der Waals surface area contributed by atoms with Gasteiger partial charge in [-0.3, -0.25) is 4.79 Å². The highest BCUT2D eigenvalue weighted by atomic mass is 16.1. The predicted molar refractivity (Wildman–Crippen MR) is 60.4 cm³/mol. The second kappa shape index (κ2) is 3.33. The van der Waals surface area contributed by atoms with Gasteiger partial charge in [-0.05, 0) is 68.6 Å². The summed E-state index contributed by atoms with van der Waals surface area (Å²) in [4.78, 5) is 11.6. The van der Waals surface area contributed by atoms with Crippen LogP contribution in [-0.2, 0) is 4.79 Å². The van der Waals surface area contributed by atoms with Gasteiger partial charge >= 0.3 is 0 Å². The summed E-state index contributed by atoms with van der Waals surface area (Å²) in [5.41, 5.74) is 0. The van der Waals surface area contributed by atoms with Crippen molar-refractivity contribution in [2.75, 3.05) is 0 Å². The lowest BCUT2D eigenvalue weighted by molar-refractivity contribution is -0.125. The highest BCUT2D eigenvalue weighted by Crippen LogP contribution is 2.59. The second-order valence-electron chi connectivity index (χ2n) is 6.33. The van der Waals surface area contributed by atoms with E-state index >= 15 is 0 Å². The lowest BCUT2D eigenvalue weighted by atomic mass is 9.63. The Morgan fingerprint density at radius 1 is 1.00 bits per heavy atom. The summed E-state index contributed by atoms with van der Waals surface area (Å²) in [7, 11) is 0. The molecule has 0 heterocycles. The zero-order valence-corrected chi connectivity index (χ0v) is 9.91. The van der Waals surface area contributed by atoms with Gasteiger partial charge in [-0.2, -0.15) is 0 Å². The molecule has 0 spiro atoms. The molecule has 0 amide bonds. The van der Waals surface area contributed by atoms with E-state index in [2.05, 4.69) is 6.92 Å². The molecule has 1 nitrogen and oxygen atoms in total. The van der Waals surface area contributed by atoms with Crippen LogP contribution < -0.4 is 0 Å². The predicted octanol–water partition coefficient (Wildman–Crippen LogP) is 3.28. The average molecular weight is 206 g/mol. The molecule has 0 aromatic heterocycles. The first-order chi connectivity index (χ1) is 7.16. The van der Waals surface area contributed by atoms with Gasteiger partial charge in [0.25, 0.3) is 0 Å². The van der Waals surface area contributed by atoms with Gasteiger partial charge in [-0.15, -0.1) is 0 Å². The third-order valence-corrected chi connectivity index (χ3v) is 5.65. The van der Waals surface area contributed by atoms with E-state index in [0.29, 0.717) is 17.6 Å². The first-order valence-electron chi connectivity index (χ1n) is 6.67. The quantitative estimate of drug-likeness (QED) is 0.643. The van der Waals surface area contributed by atoms with Gasteiger partial charge in [-0.25, -0.2) is 0 Å². The molecule has 0 radical (unpaired) electrons. The summed E-state index contributed by atoms with van der Waals surface area (Å²) >= 11 is 0. The number of Topliss-reactive ketones (excluding diaryl/α,β-unsaturated/α-hetero) is 1. The monoisotopic (exact) mass is 206 g/mol. The van der Waals surface area contributed by atoms with E-state index < -0.39 is 0 Å². The van der Waals surface area contributed by atoms with Crippen LogP contribution in [0.15, 0.2) is 0 Å². The summed E-state index contributed by atoms with van der Waals surface area (Å²) in [5, 5.41) is 0. The fraction of sp³-hybridized carbons (Fsp3) is 0.929. The average Bonchev–Trinajstić information content (AvgIpc) is 2.76. The SMILES string of the molecule is CC(=O)C1CC2C3CCC(C3)C2CC1C. The zero-order chi connectivity index (χ0) is 10.6. The van der Waals surface area contributed by atoms with Crippen LogP contribution in [0.4, 0.5) is 0 Å². The van der Waals surface area contributed by atoms with Crippen molar-refractivity contribution in [3.05, 3.63) is 0 Å². The molecule has 6 unspecified atom stereocenters. The molecule has 84 valence electrons. The maximum absolute atomic E-state index is 11.6. The normalized spacial score (nSPS) is 52.9. The Morgan fingerprint density at radius 2 is 1.60 bits per heavy atom. The van der Waals surface area contributed by atoms with Gasteiger partial charge in [0, 0.05) is 5.92 Å². The van der Waals surface area contributed by atoms with Crippen LogP contribution in [0, 0.1) is 35.5 Å². The zero-order valence-electron chi connectivity index (χ0n) is 9.91. The minimum atomic E-state index is 0.394. The van der Waals surface area contributed by atoms with Gasteiger partial charge in [0.2, 0.25) is 0 Å².